The second-order valence-corrected chi connectivity index (χ2v) is 5.35. The summed E-state index contributed by atoms with van der Waals surface area (Å²) in [5, 5.41) is 5.52. The molecule has 0 aliphatic heterocycles. The van der Waals surface area contributed by atoms with Crippen molar-refractivity contribution in [3.63, 3.8) is 0 Å². The number of rotatable bonds is 6. The molecular weight excluding hydrogens is 361 g/mol. The number of anilines is 2. The van der Waals surface area contributed by atoms with Crippen LogP contribution in [0.15, 0.2) is 49.1 Å². The van der Waals surface area contributed by atoms with Gasteiger partial charge < -0.3 is 10.6 Å². The van der Waals surface area contributed by atoms with Crippen molar-refractivity contribution < 1.29 is 18.0 Å². The van der Waals surface area contributed by atoms with Crippen LogP contribution in [0.4, 0.5) is 24.8 Å². The largest absolute Gasteiger partial charge is 0.417 e. The van der Waals surface area contributed by atoms with E-state index in [0.717, 1.165) is 12.3 Å². The van der Waals surface area contributed by atoms with E-state index in [0.29, 0.717) is 30.2 Å². The minimum Gasteiger partial charge on any atom is -0.366 e. The summed E-state index contributed by atoms with van der Waals surface area (Å²) < 4.78 is 38.5. The molecule has 0 unspecified atom stereocenters. The molecule has 1 amide bonds. The molecule has 0 radical (unpaired) electrons. The number of amides is 1. The normalized spacial score (nSPS) is 11.1. The first-order valence-corrected chi connectivity index (χ1v) is 7.71. The van der Waals surface area contributed by atoms with E-state index in [4.69, 9.17) is 0 Å². The fraction of sp³-hybridized carbons (Fsp3) is 0.118. The zero-order valence-corrected chi connectivity index (χ0v) is 13.7. The summed E-state index contributed by atoms with van der Waals surface area (Å²) in [6.45, 7) is 0.293. The van der Waals surface area contributed by atoms with Gasteiger partial charge in [0, 0.05) is 42.5 Å². The smallest absolute Gasteiger partial charge is 0.366 e. The fourth-order valence-corrected chi connectivity index (χ4v) is 2.27. The first kappa shape index (κ1) is 18.2. The predicted octanol–water partition coefficient (Wildman–Crippen LogP) is 3.13. The number of nitrogens with zero attached hydrogens (tertiary/aromatic N) is 4. The van der Waals surface area contributed by atoms with Crippen LogP contribution in [-0.4, -0.2) is 26.3 Å². The Morgan fingerprint density at radius 2 is 1.96 bits per heavy atom. The Morgan fingerprint density at radius 3 is 2.74 bits per heavy atom. The average molecular weight is 374 g/mol. The van der Waals surface area contributed by atoms with Gasteiger partial charge in [0.1, 0.15) is 11.6 Å². The number of halogens is 3. The van der Waals surface area contributed by atoms with Gasteiger partial charge in [-0.1, -0.05) is 6.07 Å². The van der Waals surface area contributed by atoms with Crippen LogP contribution in [0.1, 0.15) is 11.1 Å². The van der Waals surface area contributed by atoms with Crippen LogP contribution in [0.3, 0.4) is 0 Å². The molecule has 10 heteroatoms. The van der Waals surface area contributed by atoms with Crippen molar-refractivity contribution in [2.24, 2.45) is 0 Å². The lowest BCUT2D eigenvalue weighted by molar-refractivity contribution is -0.137. The van der Waals surface area contributed by atoms with Crippen molar-refractivity contribution in [1.29, 1.82) is 0 Å². The Labute approximate surface area is 151 Å². The zero-order chi connectivity index (χ0) is 19.3. The van der Waals surface area contributed by atoms with Crippen molar-refractivity contribution in [3.8, 4) is 11.4 Å². The maximum Gasteiger partial charge on any atom is 0.417 e. The number of aromatic nitrogens is 4. The highest BCUT2D eigenvalue weighted by atomic mass is 19.4. The van der Waals surface area contributed by atoms with Gasteiger partial charge in [-0.3, -0.25) is 9.78 Å². The van der Waals surface area contributed by atoms with Crippen LogP contribution in [-0.2, 0) is 17.5 Å². The maximum atomic E-state index is 12.8. The van der Waals surface area contributed by atoms with Crippen molar-refractivity contribution in [2.75, 3.05) is 10.6 Å². The van der Waals surface area contributed by atoms with Gasteiger partial charge in [0.15, 0.2) is 5.82 Å². The molecule has 2 N–H and O–H groups in total. The van der Waals surface area contributed by atoms with Crippen molar-refractivity contribution in [1.82, 2.24) is 19.9 Å². The van der Waals surface area contributed by atoms with Crippen LogP contribution >= 0.6 is 0 Å². The third kappa shape index (κ3) is 4.54. The molecule has 0 fully saturated rings. The maximum absolute atomic E-state index is 12.8. The van der Waals surface area contributed by atoms with E-state index in [1.807, 2.05) is 0 Å². The Hall–Kier alpha value is -3.56. The molecule has 138 valence electrons. The van der Waals surface area contributed by atoms with Gasteiger partial charge in [-0.15, -0.1) is 0 Å². The number of pyridine rings is 2. The van der Waals surface area contributed by atoms with E-state index in [1.54, 1.807) is 24.4 Å². The lowest BCUT2D eigenvalue weighted by Crippen LogP contribution is -2.08. The van der Waals surface area contributed by atoms with Crippen LogP contribution in [0.5, 0.6) is 0 Å². The standard InChI is InChI=1S/C17H13F3N6O/c18-17(19,20)13-6-12(7-21-9-13)16-23-5-3-14(26-16)24-8-11-2-1-4-22-15(11)25-10-27/h1-7,9-10H,8H2,(H,22,25,27)(H,23,24,26). The highest BCUT2D eigenvalue weighted by Gasteiger charge is 2.31. The van der Waals surface area contributed by atoms with E-state index in [1.165, 1.54) is 12.4 Å². The van der Waals surface area contributed by atoms with E-state index in [-0.39, 0.29) is 11.4 Å². The summed E-state index contributed by atoms with van der Waals surface area (Å²) in [6, 6.07) is 6.00. The Kier molecular flexibility index (Phi) is 5.25. The minimum atomic E-state index is -4.50. The molecule has 3 aromatic rings. The third-order valence-corrected chi connectivity index (χ3v) is 3.53. The van der Waals surface area contributed by atoms with Gasteiger partial charge in [-0.25, -0.2) is 15.0 Å². The molecule has 0 aliphatic carbocycles. The lowest BCUT2D eigenvalue weighted by Gasteiger charge is -2.10. The third-order valence-electron chi connectivity index (χ3n) is 3.53. The zero-order valence-electron chi connectivity index (χ0n) is 13.7. The molecule has 0 atom stereocenters. The molecule has 0 bridgehead atoms. The Balaban J connectivity index is 1.80. The van der Waals surface area contributed by atoms with E-state index < -0.39 is 11.7 Å². The van der Waals surface area contributed by atoms with Crippen LogP contribution < -0.4 is 10.6 Å². The van der Waals surface area contributed by atoms with Crippen molar-refractivity contribution >= 4 is 18.0 Å². The summed E-state index contributed by atoms with van der Waals surface area (Å²) in [4.78, 5) is 26.5. The van der Waals surface area contributed by atoms with Crippen LogP contribution in [0.25, 0.3) is 11.4 Å². The molecule has 27 heavy (non-hydrogen) atoms. The molecule has 0 saturated carbocycles. The van der Waals surface area contributed by atoms with Crippen LogP contribution in [0, 0.1) is 0 Å². The Morgan fingerprint density at radius 1 is 1.11 bits per heavy atom. The summed E-state index contributed by atoms with van der Waals surface area (Å²) in [7, 11) is 0. The molecule has 3 heterocycles. The summed E-state index contributed by atoms with van der Waals surface area (Å²) in [5.41, 5.74) is -0.00874. The number of hydrogen-bond donors (Lipinski definition) is 2. The van der Waals surface area contributed by atoms with Gasteiger partial charge in [0.25, 0.3) is 0 Å². The van der Waals surface area contributed by atoms with E-state index >= 15 is 0 Å². The predicted molar refractivity (Wildman–Crippen MR) is 91.5 cm³/mol. The molecule has 7 nitrogen and oxygen atoms in total. The summed E-state index contributed by atoms with van der Waals surface area (Å²) in [6.07, 6.45) is 1.01. The summed E-state index contributed by atoms with van der Waals surface area (Å²) >= 11 is 0. The number of carbonyl (C=O) groups is 1. The highest BCUT2D eigenvalue weighted by molar-refractivity contribution is 5.70. The van der Waals surface area contributed by atoms with Crippen molar-refractivity contribution in [3.05, 3.63) is 60.2 Å². The Bertz CT molecular complexity index is 948. The second kappa shape index (κ2) is 7.77. The van der Waals surface area contributed by atoms with Gasteiger partial charge in [0.2, 0.25) is 6.41 Å². The quantitative estimate of drug-likeness (QED) is 0.644. The second-order valence-electron chi connectivity index (χ2n) is 5.35. The highest BCUT2D eigenvalue weighted by Crippen LogP contribution is 2.30. The monoisotopic (exact) mass is 374 g/mol. The van der Waals surface area contributed by atoms with Gasteiger partial charge in [-0.05, 0) is 18.2 Å². The number of hydrogen-bond acceptors (Lipinski definition) is 6. The van der Waals surface area contributed by atoms with Gasteiger partial charge >= 0.3 is 6.18 Å². The number of carbonyl (C=O) groups excluding carboxylic acids is 1. The van der Waals surface area contributed by atoms with E-state index in [2.05, 4.69) is 30.6 Å². The lowest BCUT2D eigenvalue weighted by atomic mass is 10.2. The fourth-order valence-electron chi connectivity index (χ4n) is 2.27. The molecular formula is C17H13F3N6O. The average Bonchev–Trinajstić information content (AvgIpc) is 2.67. The molecule has 0 saturated heterocycles. The SMILES string of the molecule is O=CNc1ncccc1CNc1ccnc(-c2cncc(C(F)(F)F)c2)n1. The van der Waals surface area contributed by atoms with Gasteiger partial charge in [0.05, 0.1) is 5.56 Å². The summed E-state index contributed by atoms with van der Waals surface area (Å²) in [5.74, 6) is 0.908. The molecule has 0 aromatic carbocycles. The molecule has 3 aromatic heterocycles. The minimum absolute atomic E-state index is 0.107. The van der Waals surface area contributed by atoms with Gasteiger partial charge in [-0.2, -0.15) is 13.2 Å². The van der Waals surface area contributed by atoms with Crippen LogP contribution in [0.2, 0.25) is 0 Å². The first-order valence-electron chi connectivity index (χ1n) is 7.71. The number of alkyl halides is 3. The van der Waals surface area contributed by atoms with E-state index in [9.17, 15) is 18.0 Å². The number of nitrogens with one attached hydrogen (secondary N) is 2. The molecule has 0 aliphatic rings. The molecule has 0 spiro atoms. The topological polar surface area (TPSA) is 92.7 Å². The molecule has 3 rings (SSSR count). The first-order chi connectivity index (χ1) is 13.0. The van der Waals surface area contributed by atoms with Crippen molar-refractivity contribution in [2.45, 2.75) is 12.7 Å².